The lowest BCUT2D eigenvalue weighted by Gasteiger charge is -2.33. The molecule has 0 saturated carbocycles. The normalized spacial score (nSPS) is 12.4. The van der Waals surface area contributed by atoms with E-state index in [4.69, 9.17) is 18.9 Å². The summed E-state index contributed by atoms with van der Waals surface area (Å²) in [6, 6.07) is 28.2. The first kappa shape index (κ1) is 47.9. The second-order valence-corrected chi connectivity index (χ2v) is 17.7. The third-order valence-electron chi connectivity index (χ3n) is 9.43. The number of hydrogen-bond donors (Lipinski definition) is 0. The van der Waals surface area contributed by atoms with E-state index in [9.17, 15) is 9.59 Å². The van der Waals surface area contributed by atoms with Crippen LogP contribution in [0.3, 0.4) is 0 Å². The molecule has 0 N–H and O–H groups in total. The van der Waals surface area contributed by atoms with Crippen molar-refractivity contribution in [3.05, 3.63) is 125 Å². The van der Waals surface area contributed by atoms with Gasteiger partial charge in [0.25, 0.3) is 0 Å². The molecule has 0 heterocycles. The standard InChI is InChI=1S/C46H56Br4N2O6/c1-5-21-51(22-6-2)41(29-35-27-37(47)31-39(49)43(35)55-25-19-33-15-11-9-12-16-33)57-45(53)46(54)58-42(52(23-7-3)24-8-4)30-36-28-38(48)32-40(50)44(36)56-26-20-34-17-13-10-14-18-34/h9-18,27-28,31-32,41-42H,5-8,19-26,29-30H2,1-4H3. The van der Waals surface area contributed by atoms with Crippen molar-refractivity contribution in [2.24, 2.45) is 0 Å². The molecule has 58 heavy (non-hydrogen) atoms. The molecule has 12 heteroatoms. The molecular formula is C46H56Br4N2O6. The molecule has 0 aromatic heterocycles. The summed E-state index contributed by atoms with van der Waals surface area (Å²) < 4.78 is 28.4. The van der Waals surface area contributed by atoms with Gasteiger partial charge in [0.2, 0.25) is 0 Å². The Balaban J connectivity index is 1.58. The predicted octanol–water partition coefficient (Wildman–Crippen LogP) is 11.7. The molecule has 0 radical (unpaired) electrons. The number of benzene rings is 4. The summed E-state index contributed by atoms with van der Waals surface area (Å²) >= 11 is 14.7. The third kappa shape index (κ3) is 15.4. The van der Waals surface area contributed by atoms with E-state index in [-0.39, 0.29) is 0 Å². The van der Waals surface area contributed by atoms with Crippen molar-refractivity contribution in [2.45, 2.75) is 91.5 Å². The minimum absolute atomic E-state index is 0.300. The summed E-state index contributed by atoms with van der Waals surface area (Å²) in [5.41, 5.74) is 4.03. The van der Waals surface area contributed by atoms with Crippen molar-refractivity contribution < 1.29 is 28.5 Å². The second kappa shape index (κ2) is 25.8. The fraction of sp³-hybridized carbons (Fsp3) is 0.435. The van der Waals surface area contributed by atoms with Gasteiger partial charge in [0.1, 0.15) is 11.5 Å². The number of rotatable bonds is 24. The zero-order valence-electron chi connectivity index (χ0n) is 34.0. The van der Waals surface area contributed by atoms with Crippen molar-refractivity contribution in [3.63, 3.8) is 0 Å². The molecule has 0 fully saturated rings. The highest BCUT2D eigenvalue weighted by molar-refractivity contribution is 9.11. The van der Waals surface area contributed by atoms with Crippen LogP contribution in [0.15, 0.2) is 103 Å². The first-order chi connectivity index (χ1) is 28.1. The molecule has 0 saturated heterocycles. The van der Waals surface area contributed by atoms with Gasteiger partial charge in [0, 0.05) is 71.9 Å². The summed E-state index contributed by atoms with van der Waals surface area (Å²) in [5, 5.41) is 0. The highest BCUT2D eigenvalue weighted by Gasteiger charge is 2.32. The lowest BCUT2D eigenvalue weighted by atomic mass is 10.1. The third-order valence-corrected chi connectivity index (χ3v) is 11.5. The van der Waals surface area contributed by atoms with Crippen molar-refractivity contribution in [3.8, 4) is 11.5 Å². The zero-order chi connectivity index (χ0) is 41.9. The molecule has 0 amide bonds. The van der Waals surface area contributed by atoms with Gasteiger partial charge >= 0.3 is 11.9 Å². The molecule has 0 aliphatic heterocycles. The lowest BCUT2D eigenvalue weighted by Crippen LogP contribution is -2.45. The Morgan fingerprint density at radius 1 is 0.534 bits per heavy atom. The summed E-state index contributed by atoms with van der Waals surface area (Å²) in [6.45, 7) is 12.0. The van der Waals surface area contributed by atoms with E-state index in [2.05, 4.69) is 125 Å². The minimum atomic E-state index is -1.03. The second-order valence-electron chi connectivity index (χ2n) is 14.1. The minimum Gasteiger partial charge on any atom is -0.492 e. The van der Waals surface area contributed by atoms with Crippen LogP contribution in [0.25, 0.3) is 0 Å². The van der Waals surface area contributed by atoms with Crippen LogP contribution in [-0.4, -0.2) is 73.6 Å². The van der Waals surface area contributed by atoms with Gasteiger partial charge in [-0.15, -0.1) is 0 Å². The Kier molecular flexibility index (Phi) is 21.3. The smallest absolute Gasteiger partial charge is 0.419 e. The Labute approximate surface area is 378 Å². The molecule has 0 aliphatic carbocycles. The van der Waals surface area contributed by atoms with Crippen LogP contribution in [-0.2, 0) is 44.7 Å². The van der Waals surface area contributed by atoms with Gasteiger partial charge < -0.3 is 18.9 Å². The number of hydrogen-bond acceptors (Lipinski definition) is 8. The Morgan fingerprint density at radius 2 is 0.879 bits per heavy atom. The first-order valence-corrected chi connectivity index (χ1v) is 23.4. The number of halogens is 4. The van der Waals surface area contributed by atoms with Gasteiger partial charge in [0.05, 0.1) is 22.2 Å². The maximum absolute atomic E-state index is 14.0. The molecule has 314 valence electrons. The molecule has 2 atom stereocenters. The summed E-state index contributed by atoms with van der Waals surface area (Å²) in [7, 11) is 0. The molecule has 0 spiro atoms. The lowest BCUT2D eigenvalue weighted by molar-refractivity contribution is -0.185. The van der Waals surface area contributed by atoms with Crippen molar-refractivity contribution >= 4 is 75.7 Å². The average Bonchev–Trinajstić information content (AvgIpc) is 3.19. The zero-order valence-corrected chi connectivity index (χ0v) is 40.3. The Bertz CT molecular complexity index is 1720. The van der Waals surface area contributed by atoms with Gasteiger partial charge in [-0.1, -0.05) is 120 Å². The van der Waals surface area contributed by atoms with Crippen molar-refractivity contribution in [1.29, 1.82) is 0 Å². The number of carbonyl (C=O) groups excluding carboxylic acids is 2. The van der Waals surface area contributed by atoms with Gasteiger partial charge in [-0.3, -0.25) is 9.80 Å². The summed E-state index contributed by atoms with van der Waals surface area (Å²) in [6.07, 6.45) is 3.92. The van der Waals surface area contributed by atoms with E-state index in [0.29, 0.717) is 63.7 Å². The molecule has 4 aromatic rings. The first-order valence-electron chi connectivity index (χ1n) is 20.3. The fourth-order valence-electron chi connectivity index (χ4n) is 6.84. The van der Waals surface area contributed by atoms with Crippen LogP contribution in [0.4, 0.5) is 0 Å². The monoisotopic (exact) mass is 1050 g/mol. The van der Waals surface area contributed by atoms with Gasteiger partial charge in [0.15, 0.2) is 12.5 Å². The molecule has 0 bridgehead atoms. The predicted molar refractivity (Wildman–Crippen MR) is 246 cm³/mol. The van der Waals surface area contributed by atoms with Crippen LogP contribution >= 0.6 is 63.7 Å². The van der Waals surface area contributed by atoms with E-state index in [1.54, 1.807) is 0 Å². The topological polar surface area (TPSA) is 77.5 Å². The van der Waals surface area contributed by atoms with Crippen LogP contribution < -0.4 is 9.47 Å². The highest BCUT2D eigenvalue weighted by Crippen LogP contribution is 2.36. The molecule has 0 aliphatic rings. The van der Waals surface area contributed by atoms with Crippen molar-refractivity contribution in [2.75, 3.05) is 39.4 Å². The van der Waals surface area contributed by atoms with Crippen molar-refractivity contribution in [1.82, 2.24) is 9.80 Å². The van der Waals surface area contributed by atoms with Crippen LogP contribution in [0.2, 0.25) is 0 Å². The maximum Gasteiger partial charge on any atom is 0.419 e. The summed E-state index contributed by atoms with van der Waals surface area (Å²) in [4.78, 5) is 32.1. The molecule has 4 rings (SSSR count). The number of nitrogens with zero attached hydrogens (tertiary/aromatic N) is 2. The number of ether oxygens (including phenoxy) is 4. The number of carbonyl (C=O) groups is 2. The average molecular weight is 1050 g/mol. The highest BCUT2D eigenvalue weighted by atomic mass is 79.9. The van der Waals surface area contributed by atoms with E-state index < -0.39 is 24.4 Å². The van der Waals surface area contributed by atoms with Crippen LogP contribution in [0.5, 0.6) is 11.5 Å². The van der Waals surface area contributed by atoms with Gasteiger partial charge in [-0.05, 0) is 92.9 Å². The molecule has 8 nitrogen and oxygen atoms in total. The molecule has 2 unspecified atom stereocenters. The largest absolute Gasteiger partial charge is 0.492 e. The maximum atomic E-state index is 14.0. The van der Waals surface area contributed by atoms with Gasteiger partial charge in [-0.25, -0.2) is 9.59 Å². The van der Waals surface area contributed by atoms with E-state index in [0.717, 1.165) is 67.5 Å². The SMILES string of the molecule is CCCN(CCC)C(Cc1cc(Br)cc(Br)c1OCCc1ccccc1)OC(=O)C(=O)OC(Cc1cc(Br)cc(Br)c1OCCc1ccccc1)N(CCC)CCC. The van der Waals surface area contributed by atoms with E-state index >= 15 is 0 Å². The quantitative estimate of drug-likeness (QED) is 0.0390. The number of esters is 2. The van der Waals surface area contributed by atoms with E-state index in [1.165, 1.54) is 11.1 Å². The Hall–Kier alpha value is -2.74. The van der Waals surface area contributed by atoms with Gasteiger partial charge in [-0.2, -0.15) is 0 Å². The molecule has 4 aromatic carbocycles. The van der Waals surface area contributed by atoms with Crippen LogP contribution in [0, 0.1) is 0 Å². The fourth-order valence-corrected chi connectivity index (χ4v) is 9.70. The molecular weight excluding hydrogens is 996 g/mol. The summed E-state index contributed by atoms with van der Waals surface area (Å²) in [5.74, 6) is -0.717. The van der Waals surface area contributed by atoms with E-state index in [1.807, 2.05) is 60.7 Å². The Morgan fingerprint density at radius 3 is 1.21 bits per heavy atom. The van der Waals surface area contributed by atoms with Crippen LogP contribution in [0.1, 0.15) is 75.6 Å².